The molecular formula is C14H18FNO4S. The Bertz CT molecular complexity index is 644. The lowest BCUT2D eigenvalue weighted by atomic mass is 9.97. The van der Waals surface area contributed by atoms with Gasteiger partial charge in [-0.15, -0.1) is 0 Å². The summed E-state index contributed by atoms with van der Waals surface area (Å²) in [5.41, 5.74) is 0.449. The van der Waals surface area contributed by atoms with Gasteiger partial charge in [-0.3, -0.25) is 4.79 Å². The molecule has 1 saturated carbocycles. The van der Waals surface area contributed by atoms with Crippen LogP contribution < -0.4 is 4.72 Å². The molecule has 2 N–H and O–H groups in total. The molecule has 1 aromatic rings. The van der Waals surface area contributed by atoms with Crippen molar-refractivity contribution in [3.8, 4) is 0 Å². The largest absolute Gasteiger partial charge is 0.481 e. The lowest BCUT2D eigenvalue weighted by Gasteiger charge is -2.17. The van der Waals surface area contributed by atoms with Crippen LogP contribution in [0.4, 0.5) is 4.39 Å². The van der Waals surface area contributed by atoms with E-state index in [-0.39, 0.29) is 17.4 Å². The van der Waals surface area contributed by atoms with E-state index in [4.69, 9.17) is 5.11 Å². The van der Waals surface area contributed by atoms with E-state index >= 15 is 0 Å². The molecule has 0 aromatic heterocycles. The molecular weight excluding hydrogens is 297 g/mol. The van der Waals surface area contributed by atoms with E-state index in [1.165, 1.54) is 12.1 Å². The van der Waals surface area contributed by atoms with E-state index in [2.05, 4.69) is 4.72 Å². The Kier molecular flexibility index (Phi) is 4.63. The fourth-order valence-corrected chi connectivity index (χ4v) is 4.11. The van der Waals surface area contributed by atoms with Crippen molar-refractivity contribution in [3.05, 3.63) is 29.6 Å². The molecule has 0 heterocycles. The van der Waals surface area contributed by atoms with Crippen LogP contribution in [-0.2, 0) is 14.8 Å². The summed E-state index contributed by atoms with van der Waals surface area (Å²) in [5, 5.41) is 9.08. The van der Waals surface area contributed by atoms with E-state index in [9.17, 15) is 17.6 Å². The summed E-state index contributed by atoms with van der Waals surface area (Å²) in [6, 6.07) is 3.58. The highest BCUT2D eigenvalue weighted by Crippen LogP contribution is 2.31. The lowest BCUT2D eigenvalue weighted by molar-refractivity contribution is -0.142. The number of carboxylic acids is 1. The highest BCUT2D eigenvalue weighted by atomic mass is 32.2. The van der Waals surface area contributed by atoms with Gasteiger partial charge in [0.25, 0.3) is 0 Å². The third-order valence-corrected chi connectivity index (χ3v) is 5.52. The minimum Gasteiger partial charge on any atom is -0.481 e. The number of rotatable bonds is 5. The normalized spacial score (nSPS) is 22.4. The van der Waals surface area contributed by atoms with E-state index < -0.39 is 27.7 Å². The van der Waals surface area contributed by atoms with E-state index in [1.54, 1.807) is 6.92 Å². The Labute approximate surface area is 123 Å². The Morgan fingerprint density at radius 3 is 2.81 bits per heavy atom. The van der Waals surface area contributed by atoms with Gasteiger partial charge in [0.15, 0.2) is 0 Å². The topological polar surface area (TPSA) is 83.5 Å². The van der Waals surface area contributed by atoms with E-state index in [0.717, 1.165) is 12.5 Å². The molecule has 0 bridgehead atoms. The van der Waals surface area contributed by atoms with Crippen molar-refractivity contribution in [2.75, 3.05) is 6.54 Å². The van der Waals surface area contributed by atoms with Gasteiger partial charge in [0.2, 0.25) is 10.0 Å². The van der Waals surface area contributed by atoms with Gasteiger partial charge in [-0.2, -0.15) is 0 Å². The van der Waals surface area contributed by atoms with Crippen molar-refractivity contribution in [1.82, 2.24) is 4.72 Å². The number of halogens is 1. The maximum atomic E-state index is 13.2. The highest BCUT2D eigenvalue weighted by Gasteiger charge is 2.33. The van der Waals surface area contributed by atoms with Crippen LogP contribution in [0.3, 0.4) is 0 Å². The SMILES string of the molecule is Cc1ccc(F)cc1S(=O)(=O)NCC1CCCC1C(=O)O. The molecule has 21 heavy (non-hydrogen) atoms. The lowest BCUT2D eigenvalue weighted by Crippen LogP contribution is -2.33. The summed E-state index contributed by atoms with van der Waals surface area (Å²) in [6.07, 6.45) is 2.03. The zero-order valence-corrected chi connectivity index (χ0v) is 12.5. The molecule has 2 atom stereocenters. The fraction of sp³-hybridized carbons (Fsp3) is 0.500. The number of nitrogens with one attached hydrogen (secondary N) is 1. The van der Waals surface area contributed by atoms with Crippen molar-refractivity contribution < 1.29 is 22.7 Å². The van der Waals surface area contributed by atoms with Gasteiger partial charge in [-0.25, -0.2) is 17.5 Å². The Morgan fingerprint density at radius 2 is 2.14 bits per heavy atom. The van der Waals surface area contributed by atoms with Crippen LogP contribution in [0.1, 0.15) is 24.8 Å². The number of sulfonamides is 1. The molecule has 1 aromatic carbocycles. The van der Waals surface area contributed by atoms with Crippen LogP contribution in [0.25, 0.3) is 0 Å². The third-order valence-electron chi connectivity index (χ3n) is 3.95. The average Bonchev–Trinajstić information content (AvgIpc) is 2.88. The Hall–Kier alpha value is -1.47. The van der Waals surface area contributed by atoms with Gasteiger partial charge in [-0.05, 0) is 43.4 Å². The number of carbonyl (C=O) groups is 1. The molecule has 1 fully saturated rings. The van der Waals surface area contributed by atoms with Gasteiger partial charge < -0.3 is 5.11 Å². The summed E-state index contributed by atoms with van der Waals surface area (Å²) in [4.78, 5) is 11.0. The molecule has 2 unspecified atom stereocenters. The average molecular weight is 315 g/mol. The van der Waals surface area contributed by atoms with E-state index in [0.29, 0.717) is 18.4 Å². The zero-order valence-electron chi connectivity index (χ0n) is 11.7. The van der Waals surface area contributed by atoms with Crippen molar-refractivity contribution >= 4 is 16.0 Å². The first-order valence-corrected chi connectivity index (χ1v) is 8.28. The first-order chi connectivity index (χ1) is 9.81. The monoisotopic (exact) mass is 315 g/mol. The summed E-state index contributed by atoms with van der Waals surface area (Å²) in [7, 11) is -3.83. The van der Waals surface area contributed by atoms with Crippen LogP contribution >= 0.6 is 0 Å². The third kappa shape index (κ3) is 3.59. The first-order valence-electron chi connectivity index (χ1n) is 6.80. The maximum Gasteiger partial charge on any atom is 0.306 e. The second-order valence-electron chi connectivity index (χ2n) is 5.40. The van der Waals surface area contributed by atoms with Crippen LogP contribution in [0.2, 0.25) is 0 Å². The van der Waals surface area contributed by atoms with Crippen LogP contribution in [0, 0.1) is 24.6 Å². The first kappa shape index (κ1) is 15.9. The number of benzene rings is 1. The molecule has 0 spiro atoms. The Balaban J connectivity index is 2.11. The fourth-order valence-electron chi connectivity index (χ4n) is 2.76. The van der Waals surface area contributed by atoms with Crippen LogP contribution in [-0.4, -0.2) is 26.0 Å². The molecule has 0 amide bonds. The number of hydrogen-bond acceptors (Lipinski definition) is 3. The zero-order chi connectivity index (χ0) is 15.6. The molecule has 1 aliphatic rings. The maximum absolute atomic E-state index is 13.2. The second-order valence-corrected chi connectivity index (χ2v) is 7.13. The number of aliphatic carboxylic acids is 1. The minimum absolute atomic E-state index is 0.0647. The second kappa shape index (κ2) is 6.11. The van der Waals surface area contributed by atoms with Gasteiger partial charge in [-0.1, -0.05) is 12.5 Å². The van der Waals surface area contributed by atoms with Crippen molar-refractivity contribution in [1.29, 1.82) is 0 Å². The molecule has 0 saturated heterocycles. The van der Waals surface area contributed by atoms with Gasteiger partial charge in [0.1, 0.15) is 5.82 Å². The van der Waals surface area contributed by atoms with Gasteiger partial charge in [0, 0.05) is 6.54 Å². The van der Waals surface area contributed by atoms with Crippen LogP contribution in [0.5, 0.6) is 0 Å². The smallest absolute Gasteiger partial charge is 0.306 e. The highest BCUT2D eigenvalue weighted by molar-refractivity contribution is 7.89. The quantitative estimate of drug-likeness (QED) is 0.869. The van der Waals surface area contributed by atoms with Crippen molar-refractivity contribution in [3.63, 3.8) is 0 Å². The molecule has 5 nitrogen and oxygen atoms in total. The number of aryl methyl sites for hydroxylation is 1. The summed E-state index contributed by atoms with van der Waals surface area (Å²) in [5.74, 6) is -2.24. The van der Waals surface area contributed by atoms with E-state index in [1.807, 2.05) is 0 Å². The molecule has 1 aliphatic carbocycles. The molecule has 0 aliphatic heterocycles. The predicted octanol–water partition coefficient (Wildman–Crippen LogP) is 1.91. The summed E-state index contributed by atoms with van der Waals surface area (Å²) in [6.45, 7) is 1.65. The van der Waals surface area contributed by atoms with Gasteiger partial charge in [0.05, 0.1) is 10.8 Å². The molecule has 7 heteroatoms. The number of hydrogen-bond donors (Lipinski definition) is 2. The van der Waals surface area contributed by atoms with Gasteiger partial charge >= 0.3 is 5.97 Å². The van der Waals surface area contributed by atoms with Crippen LogP contribution in [0.15, 0.2) is 23.1 Å². The summed E-state index contributed by atoms with van der Waals surface area (Å²) >= 11 is 0. The van der Waals surface area contributed by atoms with Crippen molar-refractivity contribution in [2.45, 2.75) is 31.1 Å². The predicted molar refractivity (Wildman–Crippen MR) is 74.8 cm³/mol. The molecule has 116 valence electrons. The minimum atomic E-state index is -3.83. The summed E-state index contributed by atoms with van der Waals surface area (Å²) < 4.78 is 40.1. The van der Waals surface area contributed by atoms with Crippen molar-refractivity contribution in [2.24, 2.45) is 11.8 Å². The molecule has 0 radical (unpaired) electrons. The standard InChI is InChI=1S/C14H18FNO4S/c1-9-5-6-11(15)7-13(9)21(19,20)16-8-10-3-2-4-12(10)14(17)18/h5-7,10,12,16H,2-4,8H2,1H3,(H,17,18). The molecule has 2 rings (SSSR count). The Morgan fingerprint density at radius 1 is 1.43 bits per heavy atom. The number of carboxylic acid groups (broad SMARTS) is 1.